The van der Waals surface area contributed by atoms with Crippen molar-refractivity contribution in [1.29, 1.82) is 0 Å². The highest BCUT2D eigenvalue weighted by atomic mass is 16.6. The molecule has 0 fully saturated rings. The lowest BCUT2D eigenvalue weighted by atomic mass is 9.98. The molecule has 0 aliphatic heterocycles. The van der Waals surface area contributed by atoms with Crippen LogP contribution in [0.2, 0.25) is 0 Å². The molecule has 0 amide bonds. The fraction of sp³-hybridized carbons (Fsp3) is 0.259. The van der Waals surface area contributed by atoms with Gasteiger partial charge in [0.05, 0.1) is 11.2 Å². The lowest BCUT2D eigenvalue weighted by Crippen LogP contribution is -2.35. The van der Waals surface area contributed by atoms with E-state index in [1.807, 2.05) is 30.3 Å². The molecule has 35 heavy (non-hydrogen) atoms. The molecule has 2 aromatic heterocycles. The van der Waals surface area contributed by atoms with Gasteiger partial charge in [-0.2, -0.15) is 0 Å². The zero-order valence-corrected chi connectivity index (χ0v) is 19.9. The summed E-state index contributed by atoms with van der Waals surface area (Å²) in [5.74, 6) is -2.41. The predicted octanol–water partition coefficient (Wildman–Crippen LogP) is 3.96. The van der Waals surface area contributed by atoms with E-state index in [-0.39, 0.29) is 18.7 Å². The molecular weight excluding hydrogens is 446 g/mol. The Kier molecular flexibility index (Phi) is 6.82. The Balaban J connectivity index is 1.55. The van der Waals surface area contributed by atoms with Crippen molar-refractivity contribution in [2.24, 2.45) is 5.92 Å². The number of imidazole rings is 1. The van der Waals surface area contributed by atoms with Gasteiger partial charge in [-0.05, 0) is 62.6 Å². The Morgan fingerprint density at radius 1 is 0.943 bits per heavy atom. The summed E-state index contributed by atoms with van der Waals surface area (Å²) >= 11 is 0. The zero-order valence-electron chi connectivity index (χ0n) is 19.9. The van der Waals surface area contributed by atoms with Gasteiger partial charge in [0.2, 0.25) is 0 Å². The monoisotopic (exact) mass is 473 g/mol. The summed E-state index contributed by atoms with van der Waals surface area (Å²) in [5, 5.41) is 0. The summed E-state index contributed by atoms with van der Waals surface area (Å²) < 4.78 is 12.4. The van der Waals surface area contributed by atoms with Crippen LogP contribution < -0.4 is 5.69 Å². The first-order chi connectivity index (χ1) is 16.7. The number of nitrogens with one attached hydrogen (secondary N) is 1. The van der Waals surface area contributed by atoms with Crippen LogP contribution in [-0.4, -0.2) is 32.1 Å². The van der Waals surface area contributed by atoms with Crippen molar-refractivity contribution in [3.8, 4) is 5.69 Å². The number of esters is 2. The average Bonchev–Trinajstić information content (AvgIpc) is 3.16. The highest BCUT2D eigenvalue weighted by molar-refractivity contribution is 5.95. The number of carbonyl (C=O) groups excluding carboxylic acids is 2. The number of hydrogen-bond donors (Lipinski definition) is 1. The van der Waals surface area contributed by atoms with Crippen LogP contribution in [0.15, 0.2) is 77.7 Å². The van der Waals surface area contributed by atoms with Crippen LogP contribution in [0, 0.1) is 5.92 Å². The molecule has 8 heteroatoms. The van der Waals surface area contributed by atoms with Gasteiger partial charge >= 0.3 is 17.6 Å². The maximum Gasteiger partial charge on any atom is 0.332 e. The van der Waals surface area contributed by atoms with Crippen LogP contribution in [0.4, 0.5) is 0 Å². The van der Waals surface area contributed by atoms with E-state index in [4.69, 9.17) is 9.47 Å². The fourth-order valence-corrected chi connectivity index (χ4v) is 3.66. The molecule has 8 nitrogen and oxygen atoms in total. The van der Waals surface area contributed by atoms with Crippen LogP contribution in [0.25, 0.3) is 16.9 Å². The number of H-pyrrole nitrogens is 1. The smallest absolute Gasteiger partial charge is 0.332 e. The van der Waals surface area contributed by atoms with E-state index in [0.717, 1.165) is 11.1 Å². The maximum absolute atomic E-state index is 12.9. The van der Waals surface area contributed by atoms with Crippen molar-refractivity contribution in [2.75, 3.05) is 0 Å². The molecule has 180 valence electrons. The third-order valence-electron chi connectivity index (χ3n) is 5.28. The van der Waals surface area contributed by atoms with Gasteiger partial charge < -0.3 is 14.5 Å². The highest BCUT2D eigenvalue weighted by Gasteiger charge is 2.33. The summed E-state index contributed by atoms with van der Waals surface area (Å²) in [4.78, 5) is 45.3. The van der Waals surface area contributed by atoms with E-state index in [9.17, 15) is 14.4 Å². The van der Waals surface area contributed by atoms with Crippen molar-refractivity contribution in [3.05, 3.63) is 94.5 Å². The quantitative estimate of drug-likeness (QED) is 0.322. The van der Waals surface area contributed by atoms with E-state index in [0.29, 0.717) is 16.9 Å². The number of nitrogens with zero attached hydrogens (tertiary/aromatic N) is 2. The van der Waals surface area contributed by atoms with E-state index in [2.05, 4.69) is 9.97 Å². The molecule has 0 unspecified atom stereocenters. The van der Waals surface area contributed by atoms with Crippen molar-refractivity contribution in [2.45, 2.75) is 39.4 Å². The number of ether oxygens (including phenoxy) is 2. The second-order valence-corrected chi connectivity index (χ2v) is 9.19. The molecule has 0 aliphatic carbocycles. The molecule has 0 radical (unpaired) electrons. The Morgan fingerprint density at radius 3 is 2.34 bits per heavy atom. The van der Waals surface area contributed by atoms with Crippen molar-refractivity contribution >= 4 is 23.1 Å². The second-order valence-electron chi connectivity index (χ2n) is 9.19. The number of rotatable bonds is 7. The SMILES string of the molecule is CC(C)(C)OC(=O)[C@H](Cc1ccc(-n2c(=O)[nH]c3cccnc32)cc1)C(=O)OCc1ccccc1. The largest absolute Gasteiger partial charge is 0.460 e. The van der Waals surface area contributed by atoms with Crippen LogP contribution in [0.3, 0.4) is 0 Å². The molecule has 2 aromatic carbocycles. The number of aromatic nitrogens is 3. The van der Waals surface area contributed by atoms with E-state index in [1.54, 1.807) is 63.4 Å². The van der Waals surface area contributed by atoms with Gasteiger partial charge in [0.1, 0.15) is 12.2 Å². The molecule has 0 saturated carbocycles. The van der Waals surface area contributed by atoms with Crippen LogP contribution in [0.5, 0.6) is 0 Å². The predicted molar refractivity (Wildman–Crippen MR) is 131 cm³/mol. The Morgan fingerprint density at radius 2 is 1.66 bits per heavy atom. The maximum atomic E-state index is 12.9. The number of carbonyl (C=O) groups is 2. The third kappa shape index (κ3) is 5.84. The molecule has 4 rings (SSSR count). The van der Waals surface area contributed by atoms with Gasteiger partial charge in [-0.15, -0.1) is 0 Å². The average molecular weight is 474 g/mol. The molecule has 0 saturated heterocycles. The number of hydrogen-bond acceptors (Lipinski definition) is 6. The lowest BCUT2D eigenvalue weighted by molar-refractivity contribution is -0.169. The third-order valence-corrected chi connectivity index (χ3v) is 5.28. The van der Waals surface area contributed by atoms with Gasteiger partial charge in [0.15, 0.2) is 11.6 Å². The Hall–Kier alpha value is -4.20. The highest BCUT2D eigenvalue weighted by Crippen LogP contribution is 2.20. The molecule has 1 N–H and O–H groups in total. The van der Waals surface area contributed by atoms with E-state index in [1.165, 1.54) is 4.57 Å². The van der Waals surface area contributed by atoms with E-state index < -0.39 is 23.5 Å². The van der Waals surface area contributed by atoms with Crippen molar-refractivity contribution in [1.82, 2.24) is 14.5 Å². The molecule has 1 atom stereocenters. The Bertz CT molecular complexity index is 1380. The first kappa shape index (κ1) is 23.9. The lowest BCUT2D eigenvalue weighted by Gasteiger charge is -2.23. The summed E-state index contributed by atoms with van der Waals surface area (Å²) in [6.45, 7) is 5.31. The van der Waals surface area contributed by atoms with Gasteiger partial charge in [-0.25, -0.2) is 14.3 Å². The minimum absolute atomic E-state index is 0.0639. The van der Waals surface area contributed by atoms with Crippen molar-refractivity contribution in [3.63, 3.8) is 0 Å². The van der Waals surface area contributed by atoms with Crippen molar-refractivity contribution < 1.29 is 19.1 Å². The number of aromatic amines is 1. The number of pyridine rings is 1. The molecule has 0 bridgehead atoms. The van der Waals surface area contributed by atoms with Gasteiger partial charge in [0.25, 0.3) is 0 Å². The summed E-state index contributed by atoms with van der Waals surface area (Å²) in [5.41, 5.74) is 2.26. The summed E-state index contributed by atoms with van der Waals surface area (Å²) in [7, 11) is 0. The van der Waals surface area contributed by atoms with Crippen LogP contribution >= 0.6 is 0 Å². The first-order valence-electron chi connectivity index (χ1n) is 11.3. The van der Waals surface area contributed by atoms with Gasteiger partial charge in [-0.3, -0.25) is 9.59 Å². The standard InChI is InChI=1S/C27H27N3O5/c1-27(2,3)35-25(32)21(24(31)34-17-19-8-5-4-6-9-19)16-18-11-13-20(14-12-18)30-23-22(29-26(30)33)10-7-15-28-23/h4-15,21H,16-17H2,1-3H3,(H,29,33)/t21-/m1/s1. The topological polar surface area (TPSA) is 103 Å². The second kappa shape index (κ2) is 9.97. The van der Waals surface area contributed by atoms with Crippen LogP contribution in [0.1, 0.15) is 31.9 Å². The van der Waals surface area contributed by atoms with Gasteiger partial charge in [0, 0.05) is 6.20 Å². The normalized spacial score (nSPS) is 12.3. The molecule has 0 aliphatic rings. The molecule has 4 aromatic rings. The fourth-order valence-electron chi connectivity index (χ4n) is 3.66. The Labute approximate surface area is 202 Å². The number of benzene rings is 2. The summed E-state index contributed by atoms with van der Waals surface area (Å²) in [6.07, 6.45) is 1.72. The first-order valence-corrected chi connectivity index (χ1v) is 11.3. The molecular formula is C27H27N3O5. The minimum atomic E-state index is -1.12. The summed E-state index contributed by atoms with van der Waals surface area (Å²) in [6, 6.07) is 19.8. The van der Waals surface area contributed by atoms with E-state index >= 15 is 0 Å². The minimum Gasteiger partial charge on any atom is -0.460 e. The van der Waals surface area contributed by atoms with Gasteiger partial charge in [-0.1, -0.05) is 42.5 Å². The molecule has 2 heterocycles. The number of fused-ring (bicyclic) bond motifs is 1. The van der Waals surface area contributed by atoms with Crippen LogP contribution in [-0.2, 0) is 32.1 Å². The molecule has 0 spiro atoms. The zero-order chi connectivity index (χ0) is 25.0.